The van der Waals surface area contributed by atoms with E-state index in [1.54, 1.807) is 24.4 Å². The number of aryl methyl sites for hydroxylation is 1. The van der Waals surface area contributed by atoms with Crippen LogP contribution in [0.5, 0.6) is 5.75 Å². The summed E-state index contributed by atoms with van der Waals surface area (Å²) in [5.74, 6) is 0.533. The summed E-state index contributed by atoms with van der Waals surface area (Å²) in [7, 11) is 1.53. The van der Waals surface area contributed by atoms with E-state index < -0.39 is 0 Å². The highest BCUT2D eigenvalue weighted by Gasteiger charge is 2.14. The fraction of sp³-hybridized carbons (Fsp3) is 0.125. The van der Waals surface area contributed by atoms with Crippen LogP contribution >= 0.6 is 11.6 Å². The minimum Gasteiger partial charge on any atom is -0.495 e. The third-order valence-electron chi connectivity index (χ3n) is 3.43. The first kappa shape index (κ1) is 14.4. The molecule has 0 radical (unpaired) electrons. The van der Waals surface area contributed by atoms with Gasteiger partial charge < -0.3 is 10.1 Å². The van der Waals surface area contributed by atoms with Crippen molar-refractivity contribution in [3.05, 3.63) is 53.2 Å². The number of rotatable bonds is 2. The summed E-state index contributed by atoms with van der Waals surface area (Å²) < 4.78 is 6.54. The van der Waals surface area contributed by atoms with Gasteiger partial charge in [-0.1, -0.05) is 23.7 Å². The van der Waals surface area contributed by atoms with Crippen LogP contribution in [-0.4, -0.2) is 22.9 Å². The highest BCUT2D eigenvalue weighted by Crippen LogP contribution is 2.28. The standard InChI is InChI=1S/C16H14ClN3O2/c1-10-4-3-5-14-12(10)9-18-20(14)16(21)19-13-8-11(17)6-7-15(13)22-2/h3-9H,1-2H3,(H,19,21). The lowest BCUT2D eigenvalue weighted by Gasteiger charge is -2.10. The van der Waals surface area contributed by atoms with Crippen LogP contribution in [0.1, 0.15) is 5.56 Å². The topological polar surface area (TPSA) is 56.1 Å². The number of carbonyl (C=O) groups is 1. The number of carbonyl (C=O) groups excluding carboxylic acids is 1. The molecule has 0 fully saturated rings. The Kier molecular flexibility index (Phi) is 3.73. The van der Waals surface area contributed by atoms with Gasteiger partial charge >= 0.3 is 6.03 Å². The molecule has 0 saturated heterocycles. The van der Waals surface area contributed by atoms with Crippen molar-refractivity contribution in [3.63, 3.8) is 0 Å². The SMILES string of the molecule is COc1ccc(Cl)cc1NC(=O)n1ncc2c(C)cccc21. The van der Waals surface area contributed by atoms with Crippen molar-refractivity contribution < 1.29 is 9.53 Å². The normalized spacial score (nSPS) is 10.7. The van der Waals surface area contributed by atoms with Crippen molar-refractivity contribution in [3.8, 4) is 5.75 Å². The maximum atomic E-state index is 12.5. The number of halogens is 1. The Hall–Kier alpha value is -2.53. The predicted octanol–water partition coefficient (Wildman–Crippen LogP) is 4.09. The highest BCUT2D eigenvalue weighted by molar-refractivity contribution is 6.31. The second-order valence-corrected chi connectivity index (χ2v) is 5.28. The number of hydrogen-bond donors (Lipinski definition) is 1. The summed E-state index contributed by atoms with van der Waals surface area (Å²) >= 11 is 5.97. The van der Waals surface area contributed by atoms with E-state index in [-0.39, 0.29) is 6.03 Å². The molecule has 0 aliphatic rings. The highest BCUT2D eigenvalue weighted by atomic mass is 35.5. The van der Waals surface area contributed by atoms with E-state index in [0.717, 1.165) is 16.5 Å². The molecule has 0 unspecified atom stereocenters. The third-order valence-corrected chi connectivity index (χ3v) is 3.66. The summed E-state index contributed by atoms with van der Waals surface area (Å²) in [5, 5.41) is 8.38. The average Bonchev–Trinajstić information content (AvgIpc) is 2.93. The first-order valence-corrected chi connectivity index (χ1v) is 7.06. The Bertz CT molecular complexity index is 858. The number of hydrogen-bond acceptors (Lipinski definition) is 3. The monoisotopic (exact) mass is 315 g/mol. The van der Waals surface area contributed by atoms with E-state index in [1.165, 1.54) is 11.8 Å². The van der Waals surface area contributed by atoms with Gasteiger partial charge in [0.05, 0.1) is 24.5 Å². The molecule has 22 heavy (non-hydrogen) atoms. The number of anilines is 1. The van der Waals surface area contributed by atoms with Gasteiger partial charge in [-0.15, -0.1) is 0 Å². The fourth-order valence-corrected chi connectivity index (χ4v) is 2.48. The second-order valence-electron chi connectivity index (χ2n) is 4.84. The van der Waals surface area contributed by atoms with Crippen LogP contribution < -0.4 is 10.1 Å². The first-order valence-electron chi connectivity index (χ1n) is 6.68. The molecular formula is C16H14ClN3O2. The Morgan fingerprint density at radius 2 is 2.14 bits per heavy atom. The van der Waals surface area contributed by atoms with Gasteiger partial charge in [0.1, 0.15) is 5.75 Å². The number of fused-ring (bicyclic) bond motifs is 1. The van der Waals surface area contributed by atoms with Crippen LogP contribution in [0.4, 0.5) is 10.5 Å². The number of ether oxygens (including phenoxy) is 1. The fourth-order valence-electron chi connectivity index (χ4n) is 2.30. The van der Waals surface area contributed by atoms with Gasteiger partial charge in [0.2, 0.25) is 0 Å². The average molecular weight is 316 g/mol. The molecule has 5 nitrogen and oxygen atoms in total. The van der Waals surface area contributed by atoms with Crippen LogP contribution in [0.25, 0.3) is 10.9 Å². The van der Waals surface area contributed by atoms with E-state index in [9.17, 15) is 4.79 Å². The Morgan fingerprint density at radius 1 is 1.32 bits per heavy atom. The van der Waals surface area contributed by atoms with Crippen LogP contribution in [0.3, 0.4) is 0 Å². The van der Waals surface area contributed by atoms with Gasteiger partial charge in [-0.05, 0) is 36.8 Å². The lowest BCUT2D eigenvalue weighted by Crippen LogP contribution is -2.20. The molecule has 1 heterocycles. The number of benzene rings is 2. The van der Waals surface area contributed by atoms with Gasteiger partial charge in [0, 0.05) is 10.4 Å². The van der Waals surface area contributed by atoms with E-state index in [2.05, 4.69) is 10.4 Å². The predicted molar refractivity (Wildman–Crippen MR) is 86.9 cm³/mol. The minimum absolute atomic E-state index is 0.374. The largest absolute Gasteiger partial charge is 0.495 e. The van der Waals surface area contributed by atoms with Crippen LogP contribution in [0.2, 0.25) is 5.02 Å². The van der Waals surface area contributed by atoms with Crippen molar-refractivity contribution in [2.45, 2.75) is 6.92 Å². The molecule has 0 aliphatic carbocycles. The molecule has 3 aromatic rings. The van der Waals surface area contributed by atoms with Gasteiger partial charge in [0.25, 0.3) is 0 Å². The van der Waals surface area contributed by atoms with E-state index in [4.69, 9.17) is 16.3 Å². The van der Waals surface area contributed by atoms with Gasteiger partial charge in [-0.25, -0.2) is 4.79 Å². The summed E-state index contributed by atoms with van der Waals surface area (Å²) in [4.78, 5) is 12.5. The van der Waals surface area contributed by atoms with E-state index in [0.29, 0.717) is 16.5 Å². The zero-order chi connectivity index (χ0) is 15.7. The number of nitrogens with one attached hydrogen (secondary N) is 1. The quantitative estimate of drug-likeness (QED) is 0.775. The minimum atomic E-state index is -0.374. The molecule has 1 amide bonds. The maximum absolute atomic E-state index is 12.5. The number of amides is 1. The van der Waals surface area contributed by atoms with E-state index in [1.807, 2.05) is 25.1 Å². The molecule has 0 bridgehead atoms. The van der Waals surface area contributed by atoms with Gasteiger partial charge in [-0.3, -0.25) is 0 Å². The van der Waals surface area contributed by atoms with Crippen LogP contribution in [0, 0.1) is 6.92 Å². The number of nitrogens with zero attached hydrogens (tertiary/aromatic N) is 2. The maximum Gasteiger partial charge on any atom is 0.347 e. The van der Waals surface area contributed by atoms with Crippen LogP contribution in [0.15, 0.2) is 42.6 Å². The summed E-state index contributed by atoms with van der Waals surface area (Å²) in [6, 6.07) is 10.4. The second kappa shape index (κ2) is 5.69. The number of aromatic nitrogens is 2. The lowest BCUT2D eigenvalue weighted by molar-refractivity contribution is 0.251. The Labute approximate surface area is 132 Å². The van der Waals surface area contributed by atoms with Gasteiger partial charge in [-0.2, -0.15) is 9.78 Å². The van der Waals surface area contributed by atoms with Crippen molar-refractivity contribution >= 4 is 34.2 Å². The molecule has 1 aromatic heterocycles. The Morgan fingerprint density at radius 3 is 2.91 bits per heavy atom. The summed E-state index contributed by atoms with van der Waals surface area (Å²) in [6.45, 7) is 1.98. The Balaban J connectivity index is 1.97. The summed E-state index contributed by atoms with van der Waals surface area (Å²) in [5.41, 5.74) is 2.31. The molecule has 6 heteroatoms. The summed E-state index contributed by atoms with van der Waals surface area (Å²) in [6.07, 6.45) is 1.68. The van der Waals surface area contributed by atoms with Crippen molar-refractivity contribution in [1.82, 2.24) is 9.78 Å². The van der Waals surface area contributed by atoms with Crippen LogP contribution in [-0.2, 0) is 0 Å². The molecule has 0 atom stereocenters. The van der Waals surface area contributed by atoms with Crippen molar-refractivity contribution in [1.29, 1.82) is 0 Å². The van der Waals surface area contributed by atoms with Crippen molar-refractivity contribution in [2.75, 3.05) is 12.4 Å². The zero-order valence-corrected chi connectivity index (χ0v) is 12.9. The molecule has 3 rings (SSSR count). The first-order chi connectivity index (χ1) is 10.6. The molecule has 2 aromatic carbocycles. The van der Waals surface area contributed by atoms with Gasteiger partial charge in [0.15, 0.2) is 0 Å². The molecule has 0 spiro atoms. The molecule has 112 valence electrons. The van der Waals surface area contributed by atoms with Crippen molar-refractivity contribution in [2.24, 2.45) is 0 Å². The molecular weight excluding hydrogens is 302 g/mol. The molecule has 0 aliphatic heterocycles. The molecule has 1 N–H and O–H groups in total. The lowest BCUT2D eigenvalue weighted by atomic mass is 10.1. The smallest absolute Gasteiger partial charge is 0.347 e. The zero-order valence-electron chi connectivity index (χ0n) is 12.1. The van der Waals surface area contributed by atoms with E-state index >= 15 is 0 Å². The molecule has 0 saturated carbocycles. The number of methoxy groups -OCH3 is 1. The third kappa shape index (κ3) is 2.51.